The molecule has 0 atom stereocenters. The number of ether oxygens (including phenoxy) is 2. The molecule has 2 aromatic carbocycles. The van der Waals surface area contributed by atoms with E-state index in [1.807, 2.05) is 51.1 Å². The van der Waals surface area contributed by atoms with Crippen LogP contribution in [0.5, 0.6) is 5.75 Å². The van der Waals surface area contributed by atoms with Crippen LogP contribution in [0.3, 0.4) is 0 Å². The fourth-order valence-corrected chi connectivity index (χ4v) is 5.29. The standard InChI is InChI=1S/C27H41NO4Si/c1-26(2,3)31-25(29)28-23-17-19-11-9-10-12-20(19)18-24(23)30-21-13-15-22(16-14-21)32-33(7,8)27(4,5)6/h9-12,17-18,21-22H,13-16H2,1-8H3,(H,28,29). The van der Waals surface area contributed by atoms with E-state index in [-0.39, 0.29) is 11.1 Å². The van der Waals surface area contributed by atoms with Gasteiger partial charge in [-0.15, -0.1) is 0 Å². The third-order valence-electron chi connectivity index (χ3n) is 6.67. The molecule has 0 bridgehead atoms. The van der Waals surface area contributed by atoms with Crippen LogP contribution in [0.15, 0.2) is 36.4 Å². The van der Waals surface area contributed by atoms with Crippen LogP contribution in [0, 0.1) is 0 Å². The highest BCUT2D eigenvalue weighted by Gasteiger charge is 2.40. The molecule has 182 valence electrons. The van der Waals surface area contributed by atoms with Crippen LogP contribution in [-0.4, -0.2) is 32.2 Å². The van der Waals surface area contributed by atoms with Gasteiger partial charge < -0.3 is 13.9 Å². The van der Waals surface area contributed by atoms with Crippen LogP contribution < -0.4 is 10.1 Å². The fraction of sp³-hybridized carbons (Fsp3) is 0.593. The summed E-state index contributed by atoms with van der Waals surface area (Å²) in [6.07, 6.45) is 3.82. The maximum atomic E-state index is 12.5. The van der Waals surface area contributed by atoms with Crippen molar-refractivity contribution in [1.82, 2.24) is 0 Å². The smallest absolute Gasteiger partial charge is 0.412 e. The van der Waals surface area contributed by atoms with E-state index in [1.54, 1.807) is 0 Å². The number of carbonyl (C=O) groups is 1. The third-order valence-corrected chi connectivity index (χ3v) is 11.2. The van der Waals surface area contributed by atoms with Gasteiger partial charge in [-0.25, -0.2) is 4.79 Å². The average molecular weight is 472 g/mol. The lowest BCUT2D eigenvalue weighted by molar-refractivity contribution is 0.0631. The first-order chi connectivity index (χ1) is 15.2. The SMILES string of the molecule is CC(C)(C)OC(=O)Nc1cc2ccccc2cc1OC1CCC(O[Si](C)(C)C(C)(C)C)CC1. The summed E-state index contributed by atoms with van der Waals surface area (Å²) in [6, 6.07) is 12.1. The van der Waals surface area contributed by atoms with Gasteiger partial charge in [0.05, 0.1) is 11.8 Å². The minimum absolute atomic E-state index is 0.101. The zero-order valence-corrected chi connectivity index (χ0v) is 22.6. The van der Waals surface area contributed by atoms with E-state index in [9.17, 15) is 4.79 Å². The molecule has 1 saturated carbocycles. The molecule has 0 unspecified atom stereocenters. The Hall–Kier alpha value is -2.05. The van der Waals surface area contributed by atoms with E-state index in [0.29, 0.717) is 17.5 Å². The van der Waals surface area contributed by atoms with Crippen molar-refractivity contribution < 1.29 is 18.7 Å². The van der Waals surface area contributed by atoms with Gasteiger partial charge in [0, 0.05) is 6.10 Å². The van der Waals surface area contributed by atoms with Gasteiger partial charge in [-0.3, -0.25) is 5.32 Å². The largest absolute Gasteiger partial charge is 0.488 e. The molecule has 0 heterocycles. The molecule has 1 fully saturated rings. The number of rotatable bonds is 5. The maximum absolute atomic E-state index is 12.5. The minimum Gasteiger partial charge on any atom is -0.488 e. The van der Waals surface area contributed by atoms with Gasteiger partial charge in [0.15, 0.2) is 8.32 Å². The molecule has 1 aliphatic rings. The van der Waals surface area contributed by atoms with Crippen molar-refractivity contribution in [2.75, 3.05) is 5.32 Å². The number of nitrogens with one attached hydrogen (secondary N) is 1. The number of amides is 1. The summed E-state index contributed by atoms with van der Waals surface area (Å²) in [5, 5.41) is 5.24. The molecule has 1 N–H and O–H groups in total. The predicted octanol–water partition coefficient (Wildman–Crippen LogP) is 7.90. The summed E-state index contributed by atoms with van der Waals surface area (Å²) in [5.41, 5.74) is 0.0763. The molecule has 0 aromatic heterocycles. The summed E-state index contributed by atoms with van der Waals surface area (Å²) < 4.78 is 18.6. The highest BCUT2D eigenvalue weighted by molar-refractivity contribution is 6.74. The monoisotopic (exact) mass is 471 g/mol. The molecule has 3 rings (SSSR count). The first-order valence-corrected chi connectivity index (χ1v) is 15.0. The van der Waals surface area contributed by atoms with Gasteiger partial charge in [-0.1, -0.05) is 45.0 Å². The van der Waals surface area contributed by atoms with E-state index in [0.717, 1.165) is 36.5 Å². The zero-order chi connectivity index (χ0) is 24.4. The van der Waals surface area contributed by atoms with Crippen molar-refractivity contribution in [2.24, 2.45) is 0 Å². The summed E-state index contributed by atoms with van der Waals surface area (Å²) in [7, 11) is -1.77. The average Bonchev–Trinajstić information content (AvgIpc) is 2.67. The lowest BCUT2D eigenvalue weighted by Gasteiger charge is -2.41. The lowest BCUT2D eigenvalue weighted by Crippen LogP contribution is -2.45. The van der Waals surface area contributed by atoms with Crippen molar-refractivity contribution in [1.29, 1.82) is 0 Å². The number of benzene rings is 2. The molecular formula is C27H41NO4Si. The van der Waals surface area contributed by atoms with E-state index in [1.165, 1.54) is 0 Å². The van der Waals surface area contributed by atoms with Crippen molar-refractivity contribution >= 4 is 30.9 Å². The van der Waals surface area contributed by atoms with Crippen LogP contribution >= 0.6 is 0 Å². The molecule has 0 spiro atoms. The Labute approximate surface area is 200 Å². The van der Waals surface area contributed by atoms with Crippen LogP contribution in [0.25, 0.3) is 10.8 Å². The Morgan fingerprint density at radius 2 is 1.45 bits per heavy atom. The number of anilines is 1. The Bertz CT molecular complexity index is 966. The van der Waals surface area contributed by atoms with Crippen LogP contribution in [0.2, 0.25) is 18.1 Å². The van der Waals surface area contributed by atoms with E-state index in [2.05, 4.69) is 45.2 Å². The number of hydrogen-bond donors (Lipinski definition) is 1. The Balaban J connectivity index is 1.71. The Kier molecular flexibility index (Phi) is 7.49. The first kappa shape index (κ1) is 25.6. The molecular weight excluding hydrogens is 430 g/mol. The van der Waals surface area contributed by atoms with Gasteiger partial charge in [0.2, 0.25) is 0 Å². The first-order valence-electron chi connectivity index (χ1n) is 12.1. The highest BCUT2D eigenvalue weighted by atomic mass is 28.4. The lowest BCUT2D eigenvalue weighted by atomic mass is 9.95. The van der Waals surface area contributed by atoms with Gasteiger partial charge >= 0.3 is 6.09 Å². The third kappa shape index (κ3) is 6.97. The molecule has 6 heteroatoms. The maximum Gasteiger partial charge on any atom is 0.412 e. The van der Waals surface area contributed by atoms with Crippen LogP contribution in [-0.2, 0) is 9.16 Å². The summed E-state index contributed by atoms with van der Waals surface area (Å²) in [4.78, 5) is 12.5. The number of fused-ring (bicyclic) bond motifs is 1. The van der Waals surface area contributed by atoms with Crippen molar-refractivity contribution in [3.8, 4) is 5.75 Å². The topological polar surface area (TPSA) is 56.8 Å². The summed E-state index contributed by atoms with van der Waals surface area (Å²) in [6.45, 7) is 17.1. The predicted molar refractivity (Wildman–Crippen MR) is 139 cm³/mol. The summed E-state index contributed by atoms with van der Waals surface area (Å²) >= 11 is 0. The molecule has 1 aliphatic carbocycles. The van der Waals surface area contributed by atoms with Gasteiger partial charge in [-0.2, -0.15) is 0 Å². The van der Waals surface area contributed by atoms with Gasteiger partial charge in [0.25, 0.3) is 0 Å². The number of hydrogen-bond acceptors (Lipinski definition) is 4. The van der Waals surface area contributed by atoms with Crippen LogP contribution in [0.1, 0.15) is 67.2 Å². The van der Waals surface area contributed by atoms with Crippen molar-refractivity contribution in [3.63, 3.8) is 0 Å². The van der Waals surface area contributed by atoms with E-state index in [4.69, 9.17) is 13.9 Å². The Morgan fingerprint density at radius 3 is 2.00 bits per heavy atom. The molecule has 2 aromatic rings. The zero-order valence-electron chi connectivity index (χ0n) is 21.6. The quantitative estimate of drug-likeness (QED) is 0.450. The molecule has 0 aliphatic heterocycles. The second-order valence-corrected chi connectivity index (χ2v) is 16.5. The van der Waals surface area contributed by atoms with Crippen LogP contribution in [0.4, 0.5) is 10.5 Å². The normalized spacial score (nSPS) is 19.9. The second kappa shape index (κ2) is 9.67. The fourth-order valence-electron chi connectivity index (χ4n) is 3.87. The molecule has 5 nitrogen and oxygen atoms in total. The van der Waals surface area contributed by atoms with Crippen molar-refractivity contribution in [2.45, 2.75) is 103 Å². The molecule has 0 radical (unpaired) electrons. The van der Waals surface area contributed by atoms with E-state index < -0.39 is 20.0 Å². The van der Waals surface area contributed by atoms with Crippen molar-refractivity contribution in [3.05, 3.63) is 36.4 Å². The van der Waals surface area contributed by atoms with Gasteiger partial charge in [-0.05, 0) is 87.5 Å². The second-order valence-electron chi connectivity index (χ2n) is 11.7. The minimum atomic E-state index is -1.77. The van der Waals surface area contributed by atoms with E-state index >= 15 is 0 Å². The Morgan fingerprint density at radius 1 is 0.909 bits per heavy atom. The van der Waals surface area contributed by atoms with Gasteiger partial charge in [0.1, 0.15) is 11.4 Å². The molecule has 0 saturated heterocycles. The molecule has 33 heavy (non-hydrogen) atoms. The highest BCUT2D eigenvalue weighted by Crippen LogP contribution is 2.40. The molecule has 1 amide bonds. The number of carbonyl (C=O) groups excluding carboxylic acids is 1. The summed E-state index contributed by atoms with van der Waals surface area (Å²) in [5.74, 6) is 0.688.